The minimum atomic E-state index is -0.774. The minimum Gasteiger partial charge on any atom is -0.378 e. The third-order valence-corrected chi connectivity index (χ3v) is 4.47. The summed E-state index contributed by atoms with van der Waals surface area (Å²) in [4.78, 5) is 42.2. The number of aromatic nitrogens is 2. The molecule has 0 radical (unpaired) electrons. The predicted octanol–water partition coefficient (Wildman–Crippen LogP) is 1.65. The molecule has 154 valence electrons. The van der Waals surface area contributed by atoms with Crippen molar-refractivity contribution in [2.24, 2.45) is 5.73 Å². The highest BCUT2D eigenvalue weighted by atomic mass is 16.2. The second-order valence-corrected chi connectivity index (χ2v) is 6.70. The molecule has 4 N–H and O–H groups in total. The molecule has 9 heteroatoms. The summed E-state index contributed by atoms with van der Waals surface area (Å²) in [5.41, 5.74) is 7.97. The molecule has 3 aromatic rings. The Morgan fingerprint density at radius 1 is 1.03 bits per heavy atom. The van der Waals surface area contributed by atoms with E-state index >= 15 is 0 Å². The lowest BCUT2D eigenvalue weighted by Crippen LogP contribution is -2.25. The lowest BCUT2D eigenvalue weighted by molar-refractivity contribution is 0.0937. The Hall–Kier alpha value is -4.14. The van der Waals surface area contributed by atoms with Gasteiger partial charge in [0.15, 0.2) is 5.69 Å². The van der Waals surface area contributed by atoms with Crippen LogP contribution in [-0.2, 0) is 0 Å². The molecule has 0 unspecified atom stereocenters. The highest BCUT2D eigenvalue weighted by Gasteiger charge is 2.22. The number of nitrogens with two attached hydrogens (primary N) is 1. The Kier molecular flexibility index (Phi) is 5.82. The maximum absolute atomic E-state index is 12.5. The van der Waals surface area contributed by atoms with Gasteiger partial charge in [-0.25, -0.2) is 4.98 Å². The van der Waals surface area contributed by atoms with Gasteiger partial charge in [-0.1, -0.05) is 6.07 Å². The van der Waals surface area contributed by atoms with Crippen molar-refractivity contribution in [2.45, 2.75) is 0 Å². The SMILES string of the molecule is CNC(=O)c1ncn(-c2ccc(NC(=O)c3cccc(N(C)C)c3)cc2)c1C(N)=O. The average molecular weight is 406 g/mol. The summed E-state index contributed by atoms with van der Waals surface area (Å²) in [6, 6.07) is 14.0. The predicted molar refractivity (Wildman–Crippen MR) is 114 cm³/mol. The molecule has 0 saturated carbocycles. The number of hydrogen-bond acceptors (Lipinski definition) is 5. The van der Waals surface area contributed by atoms with Crippen molar-refractivity contribution in [2.75, 3.05) is 31.4 Å². The van der Waals surface area contributed by atoms with Crippen LogP contribution in [0.15, 0.2) is 54.9 Å². The first kappa shape index (κ1) is 20.6. The minimum absolute atomic E-state index is 0.0216. The van der Waals surface area contributed by atoms with Gasteiger partial charge in [-0.3, -0.25) is 19.0 Å². The Morgan fingerprint density at radius 2 is 1.73 bits per heavy atom. The van der Waals surface area contributed by atoms with Crippen molar-refractivity contribution < 1.29 is 14.4 Å². The Bertz CT molecular complexity index is 1100. The number of imidazole rings is 1. The van der Waals surface area contributed by atoms with Crippen molar-refractivity contribution in [3.63, 3.8) is 0 Å². The zero-order valence-electron chi connectivity index (χ0n) is 16.8. The summed E-state index contributed by atoms with van der Waals surface area (Å²) in [6.45, 7) is 0. The van der Waals surface area contributed by atoms with Gasteiger partial charge in [-0.05, 0) is 42.5 Å². The number of nitrogens with one attached hydrogen (secondary N) is 2. The van der Waals surface area contributed by atoms with Crippen LogP contribution in [0.2, 0.25) is 0 Å². The number of carbonyl (C=O) groups is 3. The van der Waals surface area contributed by atoms with Crippen LogP contribution in [-0.4, -0.2) is 48.4 Å². The van der Waals surface area contributed by atoms with Crippen LogP contribution in [0.5, 0.6) is 0 Å². The van der Waals surface area contributed by atoms with Crippen LogP contribution in [0.25, 0.3) is 5.69 Å². The summed E-state index contributed by atoms with van der Waals surface area (Å²) in [7, 11) is 5.25. The maximum atomic E-state index is 12.5. The topological polar surface area (TPSA) is 122 Å². The third kappa shape index (κ3) is 4.14. The Balaban J connectivity index is 1.83. The van der Waals surface area contributed by atoms with Gasteiger partial charge in [-0.15, -0.1) is 0 Å². The second-order valence-electron chi connectivity index (χ2n) is 6.70. The normalized spacial score (nSPS) is 10.4. The quantitative estimate of drug-likeness (QED) is 0.574. The monoisotopic (exact) mass is 406 g/mol. The summed E-state index contributed by atoms with van der Waals surface area (Å²) < 4.78 is 1.43. The molecule has 2 aromatic carbocycles. The molecule has 1 aromatic heterocycles. The van der Waals surface area contributed by atoms with Crippen LogP contribution >= 0.6 is 0 Å². The van der Waals surface area contributed by atoms with Crippen LogP contribution in [0.1, 0.15) is 31.3 Å². The fourth-order valence-electron chi connectivity index (χ4n) is 2.90. The molecular formula is C21H22N6O3. The fraction of sp³-hybridized carbons (Fsp3) is 0.143. The van der Waals surface area contributed by atoms with E-state index < -0.39 is 11.8 Å². The number of amides is 3. The van der Waals surface area contributed by atoms with E-state index in [2.05, 4.69) is 15.6 Å². The molecule has 0 spiro atoms. The van der Waals surface area contributed by atoms with E-state index in [-0.39, 0.29) is 17.3 Å². The first-order valence-electron chi connectivity index (χ1n) is 9.10. The Morgan fingerprint density at radius 3 is 2.33 bits per heavy atom. The van der Waals surface area contributed by atoms with Crippen LogP contribution < -0.4 is 21.3 Å². The van der Waals surface area contributed by atoms with Gasteiger partial charge >= 0.3 is 0 Å². The van der Waals surface area contributed by atoms with E-state index in [9.17, 15) is 14.4 Å². The molecular weight excluding hydrogens is 384 g/mol. The number of nitrogens with zero attached hydrogens (tertiary/aromatic N) is 3. The fourth-order valence-corrected chi connectivity index (χ4v) is 2.90. The molecule has 0 fully saturated rings. The maximum Gasteiger partial charge on any atom is 0.272 e. The highest BCUT2D eigenvalue weighted by Crippen LogP contribution is 2.19. The lowest BCUT2D eigenvalue weighted by Gasteiger charge is -2.13. The summed E-state index contributed by atoms with van der Waals surface area (Å²) in [5.74, 6) is -1.52. The molecule has 3 rings (SSSR count). The van der Waals surface area contributed by atoms with E-state index in [4.69, 9.17) is 5.73 Å². The molecule has 3 amide bonds. The van der Waals surface area contributed by atoms with Gasteiger partial charge in [0.25, 0.3) is 17.7 Å². The van der Waals surface area contributed by atoms with E-state index in [1.807, 2.05) is 31.1 Å². The molecule has 0 aliphatic rings. The van der Waals surface area contributed by atoms with Crippen molar-refractivity contribution in [3.8, 4) is 5.69 Å². The summed E-state index contributed by atoms with van der Waals surface area (Å²) in [5, 5.41) is 5.26. The van der Waals surface area contributed by atoms with E-state index in [0.717, 1.165) is 5.69 Å². The first-order chi connectivity index (χ1) is 14.3. The lowest BCUT2D eigenvalue weighted by atomic mass is 10.1. The van der Waals surface area contributed by atoms with Gasteiger partial charge in [0.05, 0.1) is 0 Å². The smallest absolute Gasteiger partial charge is 0.272 e. The van der Waals surface area contributed by atoms with Crippen LogP contribution in [0, 0.1) is 0 Å². The molecule has 0 aliphatic heterocycles. The summed E-state index contributed by atoms with van der Waals surface area (Å²) >= 11 is 0. The third-order valence-electron chi connectivity index (χ3n) is 4.47. The molecule has 0 bridgehead atoms. The van der Waals surface area contributed by atoms with Crippen LogP contribution in [0.3, 0.4) is 0 Å². The first-order valence-corrected chi connectivity index (χ1v) is 9.10. The number of hydrogen-bond donors (Lipinski definition) is 3. The molecule has 1 heterocycles. The number of benzene rings is 2. The van der Waals surface area contributed by atoms with E-state index in [1.165, 1.54) is 17.9 Å². The Labute approximate surface area is 173 Å². The average Bonchev–Trinajstić information content (AvgIpc) is 3.19. The van der Waals surface area contributed by atoms with Crippen molar-refractivity contribution in [1.29, 1.82) is 0 Å². The van der Waals surface area contributed by atoms with Crippen molar-refractivity contribution in [1.82, 2.24) is 14.9 Å². The van der Waals surface area contributed by atoms with E-state index in [0.29, 0.717) is 16.9 Å². The zero-order valence-corrected chi connectivity index (χ0v) is 16.8. The van der Waals surface area contributed by atoms with Crippen LogP contribution in [0.4, 0.5) is 11.4 Å². The van der Waals surface area contributed by atoms with Gasteiger partial charge in [-0.2, -0.15) is 0 Å². The molecule has 0 saturated heterocycles. The van der Waals surface area contributed by atoms with Crippen molar-refractivity contribution >= 4 is 29.1 Å². The standard InChI is InChI=1S/C21H22N6O3/c1-23-21(30)17-18(19(22)28)27(12-24-17)15-9-7-14(8-10-15)25-20(29)13-5-4-6-16(11-13)26(2)3/h4-12H,1-3H3,(H2,22,28)(H,23,30)(H,25,29). The largest absolute Gasteiger partial charge is 0.378 e. The molecule has 30 heavy (non-hydrogen) atoms. The number of rotatable bonds is 6. The summed E-state index contributed by atoms with van der Waals surface area (Å²) in [6.07, 6.45) is 1.35. The van der Waals surface area contributed by atoms with Gasteiger partial charge in [0.2, 0.25) is 0 Å². The highest BCUT2D eigenvalue weighted by molar-refractivity contribution is 6.05. The molecule has 0 atom stereocenters. The van der Waals surface area contributed by atoms with E-state index in [1.54, 1.807) is 36.4 Å². The zero-order chi connectivity index (χ0) is 21.8. The van der Waals surface area contributed by atoms with Gasteiger partial charge in [0.1, 0.15) is 12.0 Å². The number of carbonyl (C=O) groups excluding carboxylic acids is 3. The van der Waals surface area contributed by atoms with Crippen molar-refractivity contribution in [3.05, 3.63) is 71.8 Å². The molecule has 0 aliphatic carbocycles. The van der Waals surface area contributed by atoms with Gasteiger partial charge < -0.3 is 21.3 Å². The molecule has 9 nitrogen and oxygen atoms in total. The van der Waals surface area contributed by atoms with Gasteiger partial charge in [0, 0.05) is 43.8 Å². The second kappa shape index (κ2) is 8.48. The number of anilines is 2. The number of primary amides is 1.